The van der Waals surface area contributed by atoms with Crippen molar-refractivity contribution >= 4 is 5.91 Å². The van der Waals surface area contributed by atoms with Crippen LogP contribution in [0.15, 0.2) is 55.0 Å². The van der Waals surface area contributed by atoms with Gasteiger partial charge in [0.05, 0.1) is 24.5 Å². The van der Waals surface area contributed by atoms with Crippen LogP contribution in [0.2, 0.25) is 0 Å². The number of amides is 1. The number of ether oxygens (including phenoxy) is 1. The minimum Gasteiger partial charge on any atom is -0.375 e. The van der Waals surface area contributed by atoms with Crippen molar-refractivity contribution in [3.05, 3.63) is 77.4 Å². The van der Waals surface area contributed by atoms with Crippen molar-refractivity contribution in [2.24, 2.45) is 12.8 Å². The summed E-state index contributed by atoms with van der Waals surface area (Å²) in [5.41, 5.74) is 8.40. The lowest BCUT2D eigenvalue weighted by Gasteiger charge is -2.24. The molecule has 0 aliphatic heterocycles. The van der Waals surface area contributed by atoms with Crippen molar-refractivity contribution < 1.29 is 9.53 Å². The molecule has 2 N–H and O–H groups in total. The van der Waals surface area contributed by atoms with E-state index in [4.69, 9.17) is 10.5 Å². The molecule has 8 nitrogen and oxygen atoms in total. The molecule has 1 atom stereocenters. The number of likely N-dealkylation sites (N-methyl/N-ethyl adjacent to an activating group) is 1. The molecular formula is C23H26N6O2. The third kappa shape index (κ3) is 6.74. The van der Waals surface area contributed by atoms with Gasteiger partial charge in [-0.3, -0.25) is 9.78 Å². The summed E-state index contributed by atoms with van der Waals surface area (Å²) in [5.74, 6) is 5.74. The molecule has 3 rings (SSSR count). The van der Waals surface area contributed by atoms with Crippen LogP contribution in [0.1, 0.15) is 27.2 Å². The highest BCUT2D eigenvalue weighted by Gasteiger charge is 2.18. The first-order valence-electron chi connectivity index (χ1n) is 9.99. The zero-order chi connectivity index (χ0) is 22.1. The predicted molar refractivity (Wildman–Crippen MR) is 117 cm³/mol. The molecule has 0 unspecified atom stereocenters. The van der Waals surface area contributed by atoms with Gasteiger partial charge in [-0.1, -0.05) is 36.3 Å². The third-order valence-electron chi connectivity index (χ3n) is 4.52. The smallest absolute Gasteiger partial charge is 0.255 e. The van der Waals surface area contributed by atoms with Crippen molar-refractivity contribution in [3.63, 3.8) is 0 Å². The van der Waals surface area contributed by atoms with Gasteiger partial charge in [-0.05, 0) is 17.6 Å². The Hall–Kier alpha value is -3.54. The van der Waals surface area contributed by atoms with Gasteiger partial charge in [0.1, 0.15) is 0 Å². The molecule has 160 valence electrons. The molecule has 3 aromatic rings. The Morgan fingerprint density at radius 2 is 2.03 bits per heavy atom. The third-order valence-corrected chi connectivity index (χ3v) is 4.52. The molecule has 2 heterocycles. The summed E-state index contributed by atoms with van der Waals surface area (Å²) < 4.78 is 5.89. The van der Waals surface area contributed by atoms with Crippen molar-refractivity contribution in [2.45, 2.75) is 12.5 Å². The van der Waals surface area contributed by atoms with Crippen molar-refractivity contribution in [3.8, 4) is 11.8 Å². The normalized spacial score (nSPS) is 11.5. The average Bonchev–Trinajstić information content (AvgIpc) is 3.21. The van der Waals surface area contributed by atoms with Gasteiger partial charge in [-0.2, -0.15) is 9.90 Å². The molecule has 0 aliphatic carbocycles. The Labute approximate surface area is 182 Å². The van der Waals surface area contributed by atoms with Gasteiger partial charge in [-0.25, -0.2) is 0 Å². The molecule has 0 fully saturated rings. The second kappa shape index (κ2) is 11.0. The van der Waals surface area contributed by atoms with Crippen LogP contribution in [0.3, 0.4) is 0 Å². The van der Waals surface area contributed by atoms with Crippen LogP contribution in [0, 0.1) is 11.8 Å². The Morgan fingerprint density at radius 3 is 2.74 bits per heavy atom. The SMILES string of the molecule is CN(C[C@H](Cc1ccccc1)OCCN)C(=O)c1cncc(C#Cc2cnn(C)n2)c1. The number of benzene rings is 1. The van der Waals surface area contributed by atoms with Crippen LogP contribution >= 0.6 is 0 Å². The van der Waals surface area contributed by atoms with Crippen molar-refractivity contribution in [1.29, 1.82) is 0 Å². The van der Waals surface area contributed by atoms with E-state index in [0.717, 1.165) is 5.56 Å². The highest BCUT2D eigenvalue weighted by atomic mass is 16.5. The first kappa shape index (κ1) is 22.2. The number of hydrogen-bond donors (Lipinski definition) is 1. The van der Waals surface area contributed by atoms with Crippen LogP contribution < -0.4 is 5.73 Å². The minimum absolute atomic E-state index is 0.148. The average molecular weight is 419 g/mol. The summed E-state index contributed by atoms with van der Waals surface area (Å²) in [4.78, 5) is 20.2. The zero-order valence-corrected chi connectivity index (χ0v) is 17.7. The van der Waals surface area contributed by atoms with E-state index >= 15 is 0 Å². The fourth-order valence-corrected chi connectivity index (χ4v) is 3.06. The maximum Gasteiger partial charge on any atom is 0.255 e. The maximum atomic E-state index is 13.0. The van der Waals surface area contributed by atoms with Gasteiger partial charge < -0.3 is 15.4 Å². The van der Waals surface area contributed by atoms with Crippen LogP contribution in [0.4, 0.5) is 0 Å². The van der Waals surface area contributed by atoms with Gasteiger partial charge in [0.2, 0.25) is 0 Å². The first-order chi connectivity index (χ1) is 15.0. The van der Waals surface area contributed by atoms with Crippen LogP contribution in [0.25, 0.3) is 0 Å². The number of rotatable bonds is 8. The van der Waals surface area contributed by atoms with E-state index in [2.05, 4.69) is 27.0 Å². The lowest BCUT2D eigenvalue weighted by molar-refractivity contribution is 0.0324. The molecule has 1 amide bonds. The Morgan fingerprint density at radius 1 is 1.23 bits per heavy atom. The Kier molecular flexibility index (Phi) is 7.87. The highest BCUT2D eigenvalue weighted by Crippen LogP contribution is 2.10. The Bertz CT molecular complexity index is 1050. The number of nitrogens with zero attached hydrogens (tertiary/aromatic N) is 5. The molecule has 0 spiro atoms. The summed E-state index contributed by atoms with van der Waals surface area (Å²) >= 11 is 0. The van der Waals surface area contributed by atoms with Gasteiger partial charge in [0.25, 0.3) is 5.91 Å². The summed E-state index contributed by atoms with van der Waals surface area (Å²) in [6, 6.07) is 11.8. The lowest BCUT2D eigenvalue weighted by Crippen LogP contribution is -2.37. The van der Waals surface area contributed by atoms with Gasteiger partial charge >= 0.3 is 0 Å². The highest BCUT2D eigenvalue weighted by molar-refractivity contribution is 5.94. The minimum atomic E-state index is -0.160. The van der Waals surface area contributed by atoms with E-state index in [1.165, 1.54) is 4.80 Å². The summed E-state index contributed by atoms with van der Waals surface area (Å²) in [7, 11) is 3.48. The zero-order valence-electron chi connectivity index (χ0n) is 17.7. The van der Waals surface area contributed by atoms with Crippen LogP contribution in [-0.2, 0) is 18.2 Å². The second-order valence-electron chi connectivity index (χ2n) is 7.09. The molecule has 0 saturated heterocycles. The molecule has 0 bridgehead atoms. The van der Waals surface area contributed by atoms with E-state index < -0.39 is 0 Å². The first-order valence-corrected chi connectivity index (χ1v) is 9.99. The molecular weight excluding hydrogens is 392 g/mol. The van der Waals surface area contributed by atoms with Crippen LogP contribution in [-0.4, -0.2) is 63.6 Å². The van der Waals surface area contributed by atoms with E-state index in [1.807, 2.05) is 30.3 Å². The fraction of sp³-hybridized carbons (Fsp3) is 0.304. The van der Waals surface area contributed by atoms with Gasteiger partial charge in [0.15, 0.2) is 5.69 Å². The number of carbonyl (C=O) groups is 1. The molecule has 2 aromatic heterocycles. The fourth-order valence-electron chi connectivity index (χ4n) is 3.06. The number of aryl methyl sites for hydroxylation is 1. The lowest BCUT2D eigenvalue weighted by atomic mass is 10.1. The molecule has 0 aliphatic rings. The predicted octanol–water partition coefficient (Wildman–Crippen LogP) is 1.27. The van der Waals surface area contributed by atoms with Crippen LogP contribution in [0.5, 0.6) is 0 Å². The van der Waals surface area contributed by atoms with Crippen molar-refractivity contribution in [2.75, 3.05) is 26.7 Å². The number of aromatic nitrogens is 4. The number of hydrogen-bond acceptors (Lipinski definition) is 6. The summed E-state index contributed by atoms with van der Waals surface area (Å²) in [6.07, 6.45) is 5.27. The monoisotopic (exact) mass is 418 g/mol. The molecule has 0 saturated carbocycles. The molecule has 0 radical (unpaired) electrons. The second-order valence-corrected chi connectivity index (χ2v) is 7.09. The standard InChI is InChI=1S/C23H26N6O2/c1-28(17-22(31-11-10-24)13-18-6-4-3-5-7-18)23(30)20-12-19(14-25-15-20)8-9-21-16-26-29(2)27-21/h3-7,12,14-16,22H,10-11,13,17,24H2,1-2H3/t22-/m0/s1. The number of pyridine rings is 1. The van der Waals surface area contributed by atoms with Gasteiger partial charge in [0, 0.05) is 51.6 Å². The largest absolute Gasteiger partial charge is 0.375 e. The maximum absolute atomic E-state index is 13.0. The summed E-state index contributed by atoms with van der Waals surface area (Å²) in [5, 5.41) is 8.10. The van der Waals surface area contributed by atoms with Gasteiger partial charge in [-0.15, -0.1) is 5.10 Å². The van der Waals surface area contributed by atoms with Crippen molar-refractivity contribution in [1.82, 2.24) is 24.9 Å². The van der Waals surface area contributed by atoms with E-state index in [-0.39, 0.29) is 12.0 Å². The van der Waals surface area contributed by atoms with E-state index in [1.54, 1.807) is 43.7 Å². The molecule has 1 aromatic carbocycles. The number of carbonyl (C=O) groups excluding carboxylic acids is 1. The Balaban J connectivity index is 1.68. The molecule has 8 heteroatoms. The summed E-state index contributed by atoms with van der Waals surface area (Å²) in [6.45, 7) is 1.30. The molecule has 31 heavy (non-hydrogen) atoms. The number of nitrogens with two attached hydrogens (primary N) is 1. The quantitative estimate of drug-likeness (QED) is 0.553. The van der Waals surface area contributed by atoms with E-state index in [9.17, 15) is 4.79 Å². The van der Waals surface area contributed by atoms with E-state index in [0.29, 0.717) is 42.9 Å². The topological polar surface area (TPSA) is 99.2 Å².